The summed E-state index contributed by atoms with van der Waals surface area (Å²) in [6.45, 7) is 0.819. The number of alkyl halides is 2. The van der Waals surface area contributed by atoms with Crippen molar-refractivity contribution in [3.63, 3.8) is 0 Å². The van der Waals surface area contributed by atoms with Gasteiger partial charge in [-0.3, -0.25) is 0 Å². The lowest BCUT2D eigenvalue weighted by molar-refractivity contribution is 0.0503. The third kappa shape index (κ3) is 0.839. The van der Waals surface area contributed by atoms with Gasteiger partial charge in [-0.15, -0.1) is 0 Å². The van der Waals surface area contributed by atoms with Crippen LogP contribution in [0.25, 0.3) is 0 Å². The number of hydrogen-bond acceptors (Lipinski definition) is 1. The van der Waals surface area contributed by atoms with Crippen LogP contribution < -0.4 is 5.32 Å². The van der Waals surface area contributed by atoms with E-state index in [9.17, 15) is 8.78 Å². The summed E-state index contributed by atoms with van der Waals surface area (Å²) in [5.41, 5.74) is 0. The Hall–Kier alpha value is -0.180. The van der Waals surface area contributed by atoms with Crippen LogP contribution in [0.4, 0.5) is 8.78 Å². The fraction of sp³-hybridized carbons (Fsp3) is 1.00. The molecule has 2 fully saturated rings. The summed E-state index contributed by atoms with van der Waals surface area (Å²) in [6, 6.07) is 0.406. The van der Waals surface area contributed by atoms with E-state index in [1.165, 1.54) is 0 Å². The van der Waals surface area contributed by atoms with E-state index in [0.29, 0.717) is 12.5 Å². The third-order valence-corrected chi connectivity index (χ3v) is 2.74. The second kappa shape index (κ2) is 2.16. The highest BCUT2D eigenvalue weighted by atomic mass is 19.3. The zero-order valence-electron chi connectivity index (χ0n) is 5.69. The monoisotopic (exact) mass is 147 g/mol. The number of hydrogen-bond donors (Lipinski definition) is 1. The quantitative estimate of drug-likeness (QED) is 0.588. The van der Waals surface area contributed by atoms with Crippen molar-refractivity contribution in [1.29, 1.82) is 0 Å². The molecule has 3 unspecified atom stereocenters. The lowest BCUT2D eigenvalue weighted by Crippen LogP contribution is -2.32. The van der Waals surface area contributed by atoms with E-state index >= 15 is 0 Å². The Morgan fingerprint density at radius 3 is 2.40 bits per heavy atom. The van der Waals surface area contributed by atoms with Crippen molar-refractivity contribution in [3.8, 4) is 0 Å². The Morgan fingerprint density at radius 2 is 2.10 bits per heavy atom. The number of rotatable bonds is 1. The maximum absolute atomic E-state index is 12.2. The summed E-state index contributed by atoms with van der Waals surface area (Å²) in [5.74, 6) is -0.0313. The fourth-order valence-corrected chi connectivity index (χ4v) is 2.19. The van der Waals surface area contributed by atoms with Crippen molar-refractivity contribution in [2.45, 2.75) is 25.3 Å². The van der Waals surface area contributed by atoms with E-state index in [-0.39, 0.29) is 11.8 Å². The Balaban J connectivity index is 2.02. The van der Waals surface area contributed by atoms with E-state index in [1.54, 1.807) is 0 Å². The number of nitrogens with one attached hydrogen (secondary N) is 1. The van der Waals surface area contributed by atoms with E-state index < -0.39 is 6.43 Å². The van der Waals surface area contributed by atoms with Gasteiger partial charge < -0.3 is 5.32 Å². The molecule has 1 nitrogen and oxygen atoms in total. The number of fused-ring (bicyclic) bond motifs is 2. The minimum Gasteiger partial charge on any atom is -0.314 e. The zero-order chi connectivity index (χ0) is 7.14. The molecule has 1 aliphatic carbocycles. The van der Waals surface area contributed by atoms with Crippen LogP contribution in [-0.4, -0.2) is 19.0 Å². The van der Waals surface area contributed by atoms with Gasteiger partial charge in [0.05, 0.1) is 0 Å². The molecular weight excluding hydrogens is 136 g/mol. The zero-order valence-corrected chi connectivity index (χ0v) is 5.69. The van der Waals surface area contributed by atoms with Crippen molar-refractivity contribution >= 4 is 0 Å². The van der Waals surface area contributed by atoms with E-state index in [0.717, 1.165) is 13.0 Å². The summed E-state index contributed by atoms with van der Waals surface area (Å²) in [5, 5.41) is 3.21. The summed E-state index contributed by atoms with van der Waals surface area (Å²) >= 11 is 0. The molecule has 2 aliphatic rings. The molecule has 2 rings (SSSR count). The molecule has 1 heterocycles. The van der Waals surface area contributed by atoms with Crippen molar-refractivity contribution in [1.82, 2.24) is 5.32 Å². The third-order valence-electron chi connectivity index (χ3n) is 2.74. The molecule has 3 heteroatoms. The van der Waals surface area contributed by atoms with Crippen LogP contribution in [0.1, 0.15) is 12.8 Å². The Kier molecular flexibility index (Phi) is 1.41. The van der Waals surface area contributed by atoms with E-state index in [2.05, 4.69) is 5.32 Å². The molecule has 58 valence electrons. The molecule has 0 aromatic heterocycles. The predicted octanol–water partition coefficient (Wildman–Crippen LogP) is 1.25. The highest BCUT2D eigenvalue weighted by molar-refractivity contribution is 4.95. The average molecular weight is 147 g/mol. The van der Waals surface area contributed by atoms with Gasteiger partial charge in [-0.25, -0.2) is 8.78 Å². The Bertz CT molecular complexity index is 138. The Labute approximate surface area is 58.8 Å². The first-order chi connectivity index (χ1) is 4.77. The molecule has 1 saturated carbocycles. The first-order valence-corrected chi connectivity index (χ1v) is 3.79. The molecule has 0 spiro atoms. The van der Waals surface area contributed by atoms with Crippen LogP contribution in [0.3, 0.4) is 0 Å². The van der Waals surface area contributed by atoms with Crippen LogP contribution in [0.15, 0.2) is 0 Å². The van der Waals surface area contributed by atoms with Gasteiger partial charge in [-0.1, -0.05) is 0 Å². The molecule has 0 aromatic carbocycles. The first-order valence-electron chi connectivity index (χ1n) is 3.79. The Morgan fingerprint density at radius 1 is 1.30 bits per heavy atom. The normalized spacial score (nSPS) is 45.3. The molecule has 1 N–H and O–H groups in total. The highest BCUT2D eigenvalue weighted by Gasteiger charge is 2.43. The smallest absolute Gasteiger partial charge is 0.241 e. The molecule has 0 amide bonds. The minimum atomic E-state index is -2.09. The molecule has 10 heavy (non-hydrogen) atoms. The second-order valence-corrected chi connectivity index (χ2v) is 3.33. The van der Waals surface area contributed by atoms with Crippen molar-refractivity contribution in [3.05, 3.63) is 0 Å². The summed E-state index contributed by atoms with van der Waals surface area (Å²) < 4.78 is 24.3. The largest absolute Gasteiger partial charge is 0.314 e. The van der Waals surface area contributed by atoms with Crippen molar-refractivity contribution in [2.75, 3.05) is 6.54 Å². The van der Waals surface area contributed by atoms with Gasteiger partial charge in [0.25, 0.3) is 0 Å². The van der Waals surface area contributed by atoms with Gasteiger partial charge in [0, 0.05) is 12.0 Å². The number of halogens is 2. The standard InChI is InChI=1S/C7H11F2N/c8-7(9)6-2-5-1-4(6)3-10-5/h4-7,10H,1-3H2. The lowest BCUT2D eigenvalue weighted by atomic mass is 9.96. The van der Waals surface area contributed by atoms with Gasteiger partial charge >= 0.3 is 0 Å². The predicted molar refractivity (Wildman–Crippen MR) is 34.0 cm³/mol. The van der Waals surface area contributed by atoms with Gasteiger partial charge in [-0.05, 0) is 25.3 Å². The van der Waals surface area contributed by atoms with Crippen molar-refractivity contribution in [2.24, 2.45) is 11.8 Å². The van der Waals surface area contributed by atoms with Crippen LogP contribution >= 0.6 is 0 Å². The molecule has 0 aromatic rings. The molecule has 2 bridgehead atoms. The molecule has 1 aliphatic heterocycles. The summed E-state index contributed by atoms with van der Waals surface area (Å²) in [4.78, 5) is 0. The van der Waals surface area contributed by atoms with Gasteiger partial charge in [0.1, 0.15) is 0 Å². The average Bonchev–Trinajstić information content (AvgIpc) is 2.44. The van der Waals surface area contributed by atoms with Crippen molar-refractivity contribution < 1.29 is 8.78 Å². The van der Waals surface area contributed by atoms with Gasteiger partial charge in [0.15, 0.2) is 0 Å². The van der Waals surface area contributed by atoms with Gasteiger partial charge in [-0.2, -0.15) is 0 Å². The lowest BCUT2D eigenvalue weighted by Gasteiger charge is -2.20. The van der Waals surface area contributed by atoms with Crippen LogP contribution in [-0.2, 0) is 0 Å². The molecule has 3 atom stereocenters. The molecule has 1 saturated heterocycles. The fourth-order valence-electron chi connectivity index (χ4n) is 2.19. The van der Waals surface area contributed by atoms with E-state index in [4.69, 9.17) is 0 Å². The molecule has 0 radical (unpaired) electrons. The van der Waals surface area contributed by atoms with Crippen LogP contribution in [0.5, 0.6) is 0 Å². The second-order valence-electron chi connectivity index (χ2n) is 3.33. The summed E-state index contributed by atoms with van der Waals surface area (Å²) in [7, 11) is 0. The highest BCUT2D eigenvalue weighted by Crippen LogP contribution is 2.39. The van der Waals surface area contributed by atoms with Crippen LogP contribution in [0, 0.1) is 11.8 Å². The summed E-state index contributed by atoms with van der Waals surface area (Å²) in [6.07, 6.45) is -0.408. The maximum Gasteiger partial charge on any atom is 0.241 e. The maximum atomic E-state index is 12.2. The van der Waals surface area contributed by atoms with Crippen LogP contribution in [0.2, 0.25) is 0 Å². The first kappa shape index (κ1) is 6.53. The number of piperidine rings is 1. The van der Waals surface area contributed by atoms with Gasteiger partial charge in [0.2, 0.25) is 6.43 Å². The SMILES string of the molecule is FC(F)C1CC2CC1CN2. The molecular formula is C7H11F2N. The minimum absolute atomic E-state index is 0.269. The topological polar surface area (TPSA) is 12.0 Å². The van der Waals surface area contributed by atoms with E-state index in [1.807, 2.05) is 0 Å².